The van der Waals surface area contributed by atoms with Gasteiger partial charge in [0.15, 0.2) is 0 Å². The van der Waals surface area contributed by atoms with Crippen LogP contribution in [0.5, 0.6) is 0 Å². The van der Waals surface area contributed by atoms with Gasteiger partial charge in [0.05, 0.1) is 4.88 Å². The van der Waals surface area contributed by atoms with Crippen molar-refractivity contribution in [2.75, 3.05) is 32.7 Å². The zero-order chi connectivity index (χ0) is 22.2. The number of hydrogen-bond acceptors (Lipinski definition) is 5. The van der Waals surface area contributed by atoms with Crippen molar-refractivity contribution in [2.45, 2.75) is 52.5 Å². The van der Waals surface area contributed by atoms with Crippen molar-refractivity contribution in [3.8, 4) is 6.07 Å². The molecule has 3 aliphatic rings. The van der Waals surface area contributed by atoms with Crippen LogP contribution in [0.15, 0.2) is 28.8 Å². The Morgan fingerprint density at radius 1 is 1.19 bits per heavy atom. The second-order valence-electron chi connectivity index (χ2n) is 10.1. The van der Waals surface area contributed by atoms with E-state index in [2.05, 4.69) is 31.7 Å². The van der Waals surface area contributed by atoms with Gasteiger partial charge in [0, 0.05) is 50.4 Å². The highest BCUT2D eigenvalue weighted by Crippen LogP contribution is 2.42. The van der Waals surface area contributed by atoms with Gasteiger partial charge in [0.1, 0.15) is 11.6 Å². The minimum atomic E-state index is -0.104. The van der Waals surface area contributed by atoms with Gasteiger partial charge in [0.25, 0.3) is 11.8 Å². The van der Waals surface area contributed by atoms with Crippen molar-refractivity contribution >= 4 is 23.2 Å². The van der Waals surface area contributed by atoms with E-state index < -0.39 is 0 Å². The van der Waals surface area contributed by atoms with Gasteiger partial charge in [0.2, 0.25) is 0 Å². The van der Waals surface area contributed by atoms with Gasteiger partial charge >= 0.3 is 0 Å². The van der Waals surface area contributed by atoms with E-state index in [-0.39, 0.29) is 29.2 Å². The molecule has 0 radical (unpaired) electrons. The smallest absolute Gasteiger partial charge is 0.266 e. The van der Waals surface area contributed by atoms with Crippen LogP contribution in [-0.2, 0) is 4.79 Å². The van der Waals surface area contributed by atoms with Gasteiger partial charge in [-0.25, -0.2) is 0 Å². The minimum absolute atomic E-state index is 0.0104. The fraction of sp³-hybridized carbons (Fsp3) is 0.625. The maximum Gasteiger partial charge on any atom is 0.266 e. The molecule has 31 heavy (non-hydrogen) atoms. The molecule has 1 aromatic heterocycles. The molecule has 0 spiro atoms. The van der Waals surface area contributed by atoms with Gasteiger partial charge in [-0.3, -0.25) is 9.59 Å². The van der Waals surface area contributed by atoms with Crippen molar-refractivity contribution in [1.29, 1.82) is 5.26 Å². The van der Waals surface area contributed by atoms with Crippen molar-refractivity contribution in [1.82, 2.24) is 14.7 Å². The van der Waals surface area contributed by atoms with Crippen LogP contribution >= 0.6 is 11.3 Å². The first-order valence-electron chi connectivity index (χ1n) is 11.3. The Morgan fingerprint density at radius 2 is 1.90 bits per heavy atom. The second-order valence-corrected chi connectivity index (χ2v) is 11.0. The van der Waals surface area contributed by atoms with Gasteiger partial charge in [-0.2, -0.15) is 5.26 Å². The molecule has 7 heteroatoms. The molecule has 3 heterocycles. The molecule has 4 rings (SSSR count). The van der Waals surface area contributed by atoms with Gasteiger partial charge in [-0.1, -0.05) is 39.7 Å². The van der Waals surface area contributed by atoms with Crippen LogP contribution in [0.25, 0.3) is 0 Å². The summed E-state index contributed by atoms with van der Waals surface area (Å²) in [6.45, 7) is 9.70. The highest BCUT2D eigenvalue weighted by atomic mass is 32.1. The Balaban J connectivity index is 1.58. The standard InChI is InChI=1S/C24H32N4O2S/c1-24(2,3)16-28-19-8-5-4-7-17(19)21(18(15-25)22(28)29)26-10-12-27(13-11-26)23(30)20-9-6-14-31-20/h6,9,14,17,19H,4-5,7-8,10-13,16H2,1-3H3. The summed E-state index contributed by atoms with van der Waals surface area (Å²) < 4.78 is 0. The number of carbonyl (C=O) groups excluding carboxylic acids is 2. The lowest BCUT2D eigenvalue weighted by atomic mass is 9.76. The SMILES string of the molecule is CC(C)(C)CN1C(=O)C(C#N)=C(N2CCN(C(=O)c3cccs3)CC2)C2CCCCC21. The van der Waals surface area contributed by atoms with E-state index in [0.29, 0.717) is 38.3 Å². The van der Waals surface area contributed by atoms with E-state index in [4.69, 9.17) is 0 Å². The Morgan fingerprint density at radius 3 is 2.52 bits per heavy atom. The Kier molecular flexibility index (Phi) is 6.11. The normalized spacial score (nSPS) is 24.8. The number of rotatable bonds is 3. The molecule has 2 aliphatic heterocycles. The average molecular weight is 441 g/mol. The molecular weight excluding hydrogens is 408 g/mol. The van der Waals surface area contributed by atoms with Crippen LogP contribution in [0.3, 0.4) is 0 Å². The van der Waals surface area contributed by atoms with Crippen LogP contribution in [-0.4, -0.2) is 65.3 Å². The maximum absolute atomic E-state index is 13.4. The number of amides is 2. The first-order valence-corrected chi connectivity index (χ1v) is 12.2. The van der Waals surface area contributed by atoms with E-state index in [1.165, 1.54) is 11.3 Å². The number of hydrogen-bond donors (Lipinski definition) is 0. The van der Waals surface area contributed by atoms with Gasteiger partial charge in [-0.15, -0.1) is 11.3 Å². The first kappa shape index (κ1) is 21.9. The largest absolute Gasteiger partial charge is 0.370 e. The fourth-order valence-electron chi connectivity index (χ4n) is 5.30. The Hall–Kier alpha value is -2.33. The van der Waals surface area contributed by atoms with Gasteiger partial charge in [-0.05, 0) is 29.7 Å². The summed E-state index contributed by atoms with van der Waals surface area (Å²) in [6.07, 6.45) is 4.30. The third-order valence-electron chi connectivity index (χ3n) is 6.61. The highest BCUT2D eigenvalue weighted by Gasteiger charge is 2.45. The number of piperazine rings is 1. The predicted octanol–water partition coefficient (Wildman–Crippen LogP) is 3.73. The molecule has 1 aliphatic carbocycles. The number of nitrogens with zero attached hydrogens (tertiary/aromatic N) is 4. The third kappa shape index (κ3) is 4.36. The van der Waals surface area contributed by atoms with Gasteiger partial charge < -0.3 is 14.7 Å². The lowest BCUT2D eigenvalue weighted by Gasteiger charge is -2.50. The van der Waals surface area contributed by atoms with Crippen LogP contribution in [0, 0.1) is 22.7 Å². The maximum atomic E-state index is 13.4. The molecule has 1 aromatic rings. The molecule has 166 valence electrons. The summed E-state index contributed by atoms with van der Waals surface area (Å²) >= 11 is 1.47. The zero-order valence-corrected chi connectivity index (χ0v) is 19.6. The molecule has 2 atom stereocenters. The van der Waals surface area contributed by atoms with E-state index in [9.17, 15) is 14.9 Å². The second kappa shape index (κ2) is 8.66. The number of carbonyl (C=O) groups is 2. The third-order valence-corrected chi connectivity index (χ3v) is 7.47. The first-order chi connectivity index (χ1) is 14.8. The zero-order valence-electron chi connectivity index (χ0n) is 18.8. The molecule has 1 saturated heterocycles. The minimum Gasteiger partial charge on any atom is -0.370 e. The molecule has 6 nitrogen and oxygen atoms in total. The molecule has 0 N–H and O–H groups in total. The summed E-state index contributed by atoms with van der Waals surface area (Å²) in [4.78, 5) is 33.0. The van der Waals surface area contributed by atoms with Crippen molar-refractivity contribution in [3.05, 3.63) is 33.7 Å². The summed E-state index contributed by atoms with van der Waals surface area (Å²) in [5.74, 6) is 0.200. The number of nitriles is 1. The molecule has 2 fully saturated rings. The van der Waals surface area contributed by atoms with E-state index >= 15 is 0 Å². The van der Waals surface area contributed by atoms with Crippen molar-refractivity contribution < 1.29 is 9.59 Å². The van der Waals surface area contributed by atoms with Crippen molar-refractivity contribution in [3.63, 3.8) is 0 Å². The van der Waals surface area contributed by atoms with E-state index in [0.717, 1.165) is 36.3 Å². The Labute approximate surface area is 189 Å². The monoisotopic (exact) mass is 440 g/mol. The van der Waals surface area contributed by atoms with Crippen LogP contribution in [0.1, 0.15) is 56.1 Å². The van der Waals surface area contributed by atoms with Crippen LogP contribution in [0.2, 0.25) is 0 Å². The molecule has 2 amide bonds. The average Bonchev–Trinajstić information content (AvgIpc) is 3.29. The van der Waals surface area contributed by atoms with Crippen LogP contribution in [0.4, 0.5) is 0 Å². The molecule has 0 bridgehead atoms. The topological polar surface area (TPSA) is 67.7 Å². The predicted molar refractivity (Wildman–Crippen MR) is 121 cm³/mol. The Bertz CT molecular complexity index is 901. The lowest BCUT2D eigenvalue weighted by molar-refractivity contribution is -0.134. The highest BCUT2D eigenvalue weighted by molar-refractivity contribution is 7.12. The summed E-state index contributed by atoms with van der Waals surface area (Å²) in [7, 11) is 0. The quantitative estimate of drug-likeness (QED) is 0.718. The molecule has 0 aromatic carbocycles. The van der Waals surface area contributed by atoms with Crippen molar-refractivity contribution in [2.24, 2.45) is 11.3 Å². The molecular formula is C24H32N4O2S. The summed E-state index contributed by atoms with van der Waals surface area (Å²) in [5, 5.41) is 11.9. The lowest BCUT2D eigenvalue weighted by Crippen LogP contribution is -2.57. The van der Waals surface area contributed by atoms with Crippen LogP contribution < -0.4 is 0 Å². The summed E-state index contributed by atoms with van der Waals surface area (Å²) in [5.41, 5.74) is 1.26. The summed E-state index contributed by atoms with van der Waals surface area (Å²) in [6, 6.07) is 6.22. The molecule has 2 unspecified atom stereocenters. The number of thiophene rings is 1. The molecule has 1 saturated carbocycles. The van der Waals surface area contributed by atoms with E-state index in [1.807, 2.05) is 27.3 Å². The fourth-order valence-corrected chi connectivity index (χ4v) is 5.99. The van der Waals surface area contributed by atoms with E-state index in [1.54, 1.807) is 0 Å². The number of fused-ring (bicyclic) bond motifs is 1.